The quantitative estimate of drug-likeness (QED) is 0.341. The second-order valence-corrected chi connectivity index (χ2v) is 8.44. The first-order chi connectivity index (χ1) is 15.8. The van der Waals surface area contributed by atoms with Crippen molar-refractivity contribution in [2.45, 2.75) is 25.7 Å². The van der Waals surface area contributed by atoms with Gasteiger partial charge >= 0.3 is 0 Å². The van der Waals surface area contributed by atoms with Gasteiger partial charge in [0.25, 0.3) is 0 Å². The summed E-state index contributed by atoms with van der Waals surface area (Å²) in [6.45, 7) is 2.78. The van der Waals surface area contributed by atoms with Crippen molar-refractivity contribution < 1.29 is 5.11 Å². The summed E-state index contributed by atoms with van der Waals surface area (Å²) in [7, 11) is 0. The fraction of sp³-hybridized carbons (Fsp3) is 0.172. The maximum absolute atomic E-state index is 11.2. The van der Waals surface area contributed by atoms with Gasteiger partial charge in [-0.15, -0.1) is 0 Å². The summed E-state index contributed by atoms with van der Waals surface area (Å²) in [6.07, 6.45) is -0.485. The molecule has 0 aliphatic rings. The van der Waals surface area contributed by atoms with Crippen molar-refractivity contribution >= 4 is 21.8 Å². The van der Waals surface area contributed by atoms with E-state index in [0.717, 1.165) is 13.1 Å². The Morgan fingerprint density at radius 2 is 1.03 bits per heavy atom. The number of rotatable bonds is 8. The average molecular weight is 421 g/mol. The smallest absolute Gasteiger partial charge is 0.0846 e. The molecular weight excluding hydrogens is 392 g/mol. The third kappa shape index (κ3) is 4.45. The van der Waals surface area contributed by atoms with Crippen LogP contribution in [0.3, 0.4) is 0 Å². The van der Waals surface area contributed by atoms with Crippen LogP contribution in [0.15, 0.2) is 109 Å². The van der Waals surface area contributed by atoms with E-state index in [2.05, 4.69) is 107 Å². The molecule has 1 aromatic heterocycles. The molecule has 0 radical (unpaired) electrons. The van der Waals surface area contributed by atoms with Crippen molar-refractivity contribution in [1.82, 2.24) is 9.47 Å². The summed E-state index contributed by atoms with van der Waals surface area (Å²) in [5.74, 6) is 0. The van der Waals surface area contributed by atoms with Crippen molar-refractivity contribution in [2.24, 2.45) is 0 Å². The minimum absolute atomic E-state index is 0.485. The van der Waals surface area contributed by atoms with Gasteiger partial charge in [0, 0.05) is 41.4 Å². The largest absolute Gasteiger partial charge is 0.390 e. The van der Waals surface area contributed by atoms with Gasteiger partial charge in [-0.2, -0.15) is 0 Å². The number of benzene rings is 4. The predicted molar refractivity (Wildman–Crippen MR) is 132 cm³/mol. The Morgan fingerprint density at radius 1 is 0.594 bits per heavy atom. The number of aromatic nitrogens is 1. The molecule has 0 bridgehead atoms. The Morgan fingerprint density at radius 3 is 1.53 bits per heavy atom. The first-order valence-corrected chi connectivity index (χ1v) is 11.2. The predicted octanol–water partition coefficient (Wildman–Crippen LogP) is 5.86. The van der Waals surface area contributed by atoms with E-state index in [1.165, 1.54) is 32.9 Å². The molecule has 0 saturated carbocycles. The minimum Gasteiger partial charge on any atom is -0.390 e. The number of hydrogen-bond acceptors (Lipinski definition) is 2. The maximum Gasteiger partial charge on any atom is 0.0846 e. The van der Waals surface area contributed by atoms with Gasteiger partial charge in [-0.25, -0.2) is 0 Å². The van der Waals surface area contributed by atoms with Crippen LogP contribution < -0.4 is 0 Å². The number of aliphatic hydroxyl groups excluding tert-OH is 1. The van der Waals surface area contributed by atoms with Crippen molar-refractivity contribution in [1.29, 1.82) is 0 Å². The van der Waals surface area contributed by atoms with Gasteiger partial charge in [0.05, 0.1) is 12.6 Å². The molecule has 4 aromatic carbocycles. The molecule has 0 aliphatic carbocycles. The molecule has 0 amide bonds. The van der Waals surface area contributed by atoms with Crippen LogP contribution in [0.1, 0.15) is 11.1 Å². The van der Waals surface area contributed by atoms with Gasteiger partial charge < -0.3 is 9.67 Å². The second kappa shape index (κ2) is 9.39. The standard InChI is InChI=1S/C29H28N2O/c32-25(22-31-28-17-9-7-15-26(28)27-16-8-10-18-29(27)31)21-30(19-23-11-3-1-4-12-23)20-24-13-5-2-6-14-24/h1-18,25,32H,19-22H2. The van der Waals surface area contributed by atoms with Crippen LogP contribution in [0.2, 0.25) is 0 Å². The van der Waals surface area contributed by atoms with E-state index in [0.29, 0.717) is 13.1 Å². The molecule has 1 atom stereocenters. The van der Waals surface area contributed by atoms with Gasteiger partial charge in [-0.3, -0.25) is 4.90 Å². The minimum atomic E-state index is -0.485. The molecule has 0 fully saturated rings. The van der Waals surface area contributed by atoms with Gasteiger partial charge in [-0.05, 0) is 23.3 Å². The summed E-state index contributed by atoms with van der Waals surface area (Å²) < 4.78 is 2.26. The first-order valence-electron chi connectivity index (χ1n) is 11.2. The summed E-state index contributed by atoms with van der Waals surface area (Å²) in [5, 5.41) is 13.7. The van der Waals surface area contributed by atoms with Gasteiger partial charge in [0.2, 0.25) is 0 Å². The van der Waals surface area contributed by atoms with Crippen LogP contribution in [0, 0.1) is 0 Å². The zero-order valence-electron chi connectivity index (χ0n) is 18.1. The van der Waals surface area contributed by atoms with Gasteiger partial charge in [0.15, 0.2) is 0 Å². The summed E-state index contributed by atoms with van der Waals surface area (Å²) in [5.41, 5.74) is 4.86. The highest BCUT2D eigenvalue weighted by atomic mass is 16.3. The van der Waals surface area contributed by atoms with Crippen molar-refractivity contribution in [2.75, 3.05) is 6.54 Å². The molecule has 5 rings (SSSR count). The van der Waals surface area contributed by atoms with Crippen LogP contribution >= 0.6 is 0 Å². The Balaban J connectivity index is 1.40. The molecule has 1 heterocycles. The van der Waals surface area contributed by atoms with E-state index in [4.69, 9.17) is 0 Å². The zero-order valence-corrected chi connectivity index (χ0v) is 18.1. The lowest BCUT2D eigenvalue weighted by Gasteiger charge is -2.26. The highest BCUT2D eigenvalue weighted by Gasteiger charge is 2.17. The van der Waals surface area contributed by atoms with E-state index in [1.54, 1.807) is 0 Å². The SMILES string of the molecule is OC(CN(Cc1ccccc1)Cc1ccccc1)Cn1c2ccccc2c2ccccc21. The van der Waals surface area contributed by atoms with Crippen molar-refractivity contribution in [3.63, 3.8) is 0 Å². The molecule has 160 valence electrons. The molecule has 5 aromatic rings. The van der Waals surface area contributed by atoms with Crippen molar-refractivity contribution in [3.8, 4) is 0 Å². The molecule has 3 heteroatoms. The summed E-state index contributed by atoms with van der Waals surface area (Å²) in [4.78, 5) is 2.34. The molecule has 0 saturated heterocycles. The number of nitrogens with zero attached hydrogens (tertiary/aromatic N) is 2. The summed E-state index contributed by atoms with van der Waals surface area (Å²) in [6, 6.07) is 37.9. The number of fused-ring (bicyclic) bond motifs is 3. The second-order valence-electron chi connectivity index (χ2n) is 8.44. The average Bonchev–Trinajstić information content (AvgIpc) is 3.14. The topological polar surface area (TPSA) is 28.4 Å². The monoisotopic (exact) mass is 420 g/mol. The van der Waals surface area contributed by atoms with E-state index in [9.17, 15) is 5.11 Å². The highest BCUT2D eigenvalue weighted by molar-refractivity contribution is 6.07. The number of para-hydroxylation sites is 2. The third-order valence-corrected chi connectivity index (χ3v) is 6.04. The molecule has 1 unspecified atom stereocenters. The van der Waals surface area contributed by atoms with E-state index in [1.807, 2.05) is 12.1 Å². The van der Waals surface area contributed by atoms with Crippen LogP contribution in [0.25, 0.3) is 21.8 Å². The molecule has 0 spiro atoms. The Hall–Kier alpha value is -3.40. The van der Waals surface area contributed by atoms with E-state index in [-0.39, 0.29) is 0 Å². The normalized spacial score (nSPS) is 12.6. The van der Waals surface area contributed by atoms with Crippen LogP contribution in [0.5, 0.6) is 0 Å². The molecule has 3 nitrogen and oxygen atoms in total. The van der Waals surface area contributed by atoms with E-state index >= 15 is 0 Å². The Labute approximate surface area is 189 Å². The lowest BCUT2D eigenvalue weighted by Crippen LogP contribution is -2.34. The molecule has 0 aliphatic heterocycles. The molecular formula is C29H28N2O. The lowest BCUT2D eigenvalue weighted by atomic mass is 10.1. The molecule has 32 heavy (non-hydrogen) atoms. The Bertz CT molecular complexity index is 1200. The zero-order chi connectivity index (χ0) is 21.8. The van der Waals surface area contributed by atoms with Crippen LogP contribution in [0.4, 0.5) is 0 Å². The van der Waals surface area contributed by atoms with Crippen LogP contribution in [-0.4, -0.2) is 27.2 Å². The fourth-order valence-corrected chi connectivity index (χ4v) is 4.63. The highest BCUT2D eigenvalue weighted by Crippen LogP contribution is 2.29. The summed E-state index contributed by atoms with van der Waals surface area (Å²) >= 11 is 0. The maximum atomic E-state index is 11.2. The van der Waals surface area contributed by atoms with Crippen LogP contribution in [-0.2, 0) is 19.6 Å². The molecule has 1 N–H and O–H groups in total. The Kier molecular flexibility index (Phi) is 6.02. The van der Waals surface area contributed by atoms with Gasteiger partial charge in [-0.1, -0.05) is 97.1 Å². The first kappa shape index (κ1) is 20.5. The van der Waals surface area contributed by atoms with Gasteiger partial charge in [0.1, 0.15) is 0 Å². The third-order valence-electron chi connectivity index (χ3n) is 6.04. The fourth-order valence-electron chi connectivity index (χ4n) is 4.63. The van der Waals surface area contributed by atoms with Crippen molar-refractivity contribution in [3.05, 3.63) is 120 Å². The number of aliphatic hydroxyl groups is 1. The van der Waals surface area contributed by atoms with E-state index < -0.39 is 6.10 Å². The lowest BCUT2D eigenvalue weighted by molar-refractivity contribution is 0.0926. The number of hydrogen-bond donors (Lipinski definition) is 1.